The maximum Gasteiger partial charge on any atom is 0.271 e. The van der Waals surface area contributed by atoms with Gasteiger partial charge in [0.2, 0.25) is 5.91 Å². The molecule has 126 valence electrons. The molecule has 0 aliphatic carbocycles. The van der Waals surface area contributed by atoms with Crippen LogP contribution in [0.2, 0.25) is 0 Å². The summed E-state index contributed by atoms with van der Waals surface area (Å²) >= 11 is 0. The molecule has 0 unspecified atom stereocenters. The van der Waals surface area contributed by atoms with E-state index in [1.165, 1.54) is 29.1 Å². The summed E-state index contributed by atoms with van der Waals surface area (Å²) in [6.07, 6.45) is 1.21. The van der Waals surface area contributed by atoms with Gasteiger partial charge in [-0.3, -0.25) is 24.3 Å². The predicted octanol–water partition coefficient (Wildman–Crippen LogP) is 2.25. The van der Waals surface area contributed by atoms with E-state index in [0.29, 0.717) is 5.69 Å². The molecule has 0 atom stereocenters. The van der Waals surface area contributed by atoms with Crippen LogP contribution in [0.25, 0.3) is 10.9 Å². The van der Waals surface area contributed by atoms with Crippen molar-refractivity contribution in [1.82, 2.24) is 9.55 Å². The Morgan fingerprint density at radius 1 is 1.28 bits per heavy atom. The quantitative estimate of drug-likeness (QED) is 0.580. The van der Waals surface area contributed by atoms with Gasteiger partial charge < -0.3 is 5.32 Å². The second-order valence-corrected chi connectivity index (χ2v) is 5.50. The lowest BCUT2D eigenvalue weighted by Gasteiger charge is -2.09. The lowest BCUT2D eigenvalue weighted by atomic mass is 10.2. The van der Waals surface area contributed by atoms with Gasteiger partial charge in [0.1, 0.15) is 6.54 Å². The first-order chi connectivity index (χ1) is 12.0. The van der Waals surface area contributed by atoms with Gasteiger partial charge in [0.15, 0.2) is 0 Å². The molecule has 0 aliphatic rings. The molecule has 1 aromatic heterocycles. The van der Waals surface area contributed by atoms with Crippen LogP contribution < -0.4 is 10.9 Å². The molecule has 0 radical (unpaired) electrons. The third kappa shape index (κ3) is 3.37. The smallest absolute Gasteiger partial charge is 0.271 e. The molecule has 0 fully saturated rings. The number of aryl methyl sites for hydroxylation is 1. The summed E-state index contributed by atoms with van der Waals surface area (Å²) in [5, 5.41) is 13.7. The molecule has 0 saturated heterocycles. The average molecular weight is 338 g/mol. The Bertz CT molecular complexity index is 1040. The average Bonchev–Trinajstić information content (AvgIpc) is 2.59. The first kappa shape index (κ1) is 16.3. The molecule has 3 aromatic rings. The van der Waals surface area contributed by atoms with Crippen LogP contribution >= 0.6 is 0 Å². The number of nitro groups is 1. The number of benzene rings is 2. The number of nitrogens with one attached hydrogen (secondary N) is 1. The van der Waals surface area contributed by atoms with E-state index in [9.17, 15) is 19.7 Å². The predicted molar refractivity (Wildman–Crippen MR) is 92.5 cm³/mol. The Kier molecular flexibility index (Phi) is 4.25. The van der Waals surface area contributed by atoms with Gasteiger partial charge in [-0.1, -0.05) is 18.2 Å². The van der Waals surface area contributed by atoms with Crippen molar-refractivity contribution in [2.45, 2.75) is 13.5 Å². The van der Waals surface area contributed by atoms with Crippen molar-refractivity contribution in [2.24, 2.45) is 0 Å². The van der Waals surface area contributed by atoms with Gasteiger partial charge in [-0.15, -0.1) is 0 Å². The van der Waals surface area contributed by atoms with Crippen LogP contribution in [0.1, 0.15) is 5.56 Å². The number of rotatable bonds is 4. The molecular formula is C17H14N4O4. The Hall–Kier alpha value is -3.55. The van der Waals surface area contributed by atoms with Gasteiger partial charge in [-0.2, -0.15) is 0 Å². The lowest BCUT2D eigenvalue weighted by molar-refractivity contribution is -0.384. The maximum atomic E-state index is 12.4. The highest BCUT2D eigenvalue weighted by Gasteiger charge is 2.12. The third-order valence-electron chi connectivity index (χ3n) is 3.75. The molecule has 0 saturated carbocycles. The summed E-state index contributed by atoms with van der Waals surface area (Å²) in [7, 11) is 0. The van der Waals surface area contributed by atoms with Crippen LogP contribution in [0, 0.1) is 17.0 Å². The van der Waals surface area contributed by atoms with E-state index >= 15 is 0 Å². The molecule has 0 bridgehead atoms. The summed E-state index contributed by atoms with van der Waals surface area (Å²) in [4.78, 5) is 38.9. The topological polar surface area (TPSA) is 107 Å². The number of anilines is 1. The van der Waals surface area contributed by atoms with Crippen LogP contribution in [-0.4, -0.2) is 20.4 Å². The van der Waals surface area contributed by atoms with Gasteiger partial charge in [-0.05, 0) is 24.6 Å². The van der Waals surface area contributed by atoms with Crippen molar-refractivity contribution in [1.29, 1.82) is 0 Å². The fraction of sp³-hybridized carbons (Fsp3) is 0.118. The number of carbonyl (C=O) groups excluding carboxylic acids is 1. The zero-order valence-corrected chi connectivity index (χ0v) is 13.3. The summed E-state index contributed by atoms with van der Waals surface area (Å²) in [6.45, 7) is 1.67. The minimum atomic E-state index is -0.553. The van der Waals surface area contributed by atoms with Gasteiger partial charge in [0, 0.05) is 17.8 Å². The number of nitro benzene ring substituents is 1. The number of amides is 1. The van der Waals surface area contributed by atoms with Gasteiger partial charge in [0.05, 0.1) is 22.2 Å². The van der Waals surface area contributed by atoms with Crippen molar-refractivity contribution in [3.8, 4) is 0 Å². The first-order valence-corrected chi connectivity index (χ1v) is 7.45. The Labute approximate surface area is 141 Å². The highest BCUT2D eigenvalue weighted by Crippen LogP contribution is 2.16. The van der Waals surface area contributed by atoms with Gasteiger partial charge in [-0.25, -0.2) is 4.98 Å². The second-order valence-electron chi connectivity index (χ2n) is 5.50. The zero-order chi connectivity index (χ0) is 18.0. The van der Waals surface area contributed by atoms with E-state index in [1.54, 1.807) is 12.1 Å². The van der Waals surface area contributed by atoms with E-state index in [4.69, 9.17) is 0 Å². The number of aromatic nitrogens is 2. The fourth-order valence-corrected chi connectivity index (χ4v) is 2.43. The molecule has 8 heteroatoms. The molecule has 1 heterocycles. The van der Waals surface area contributed by atoms with E-state index in [1.807, 2.05) is 19.1 Å². The van der Waals surface area contributed by atoms with E-state index in [2.05, 4.69) is 10.3 Å². The highest BCUT2D eigenvalue weighted by atomic mass is 16.6. The number of non-ortho nitro benzene ring substituents is 1. The molecule has 25 heavy (non-hydrogen) atoms. The molecular weight excluding hydrogens is 324 g/mol. The zero-order valence-electron chi connectivity index (χ0n) is 13.3. The SMILES string of the molecule is Cc1ccccc1NC(=O)Cn1cnc2cc([N+](=O)[O-])ccc2c1=O. The van der Waals surface area contributed by atoms with Crippen LogP contribution in [0.15, 0.2) is 53.6 Å². The monoisotopic (exact) mass is 338 g/mol. The molecule has 8 nitrogen and oxygen atoms in total. The number of hydrogen-bond acceptors (Lipinski definition) is 5. The summed E-state index contributed by atoms with van der Waals surface area (Å²) in [5.41, 5.74) is 1.22. The second kappa shape index (κ2) is 6.52. The molecule has 1 N–H and O–H groups in total. The molecule has 3 rings (SSSR count). The number of fused-ring (bicyclic) bond motifs is 1. The number of carbonyl (C=O) groups is 1. The number of hydrogen-bond donors (Lipinski definition) is 1. The standard InChI is InChI=1S/C17H14N4O4/c1-11-4-2-3-5-14(11)19-16(22)9-20-10-18-15-8-12(21(24)25)6-7-13(15)17(20)23/h2-8,10H,9H2,1H3,(H,19,22). The minimum Gasteiger partial charge on any atom is -0.324 e. The summed E-state index contributed by atoms with van der Waals surface area (Å²) in [5.74, 6) is -0.362. The fourth-order valence-electron chi connectivity index (χ4n) is 2.43. The Balaban J connectivity index is 1.86. The molecule has 1 amide bonds. The first-order valence-electron chi connectivity index (χ1n) is 7.45. The van der Waals surface area contributed by atoms with E-state index in [-0.39, 0.29) is 29.0 Å². The minimum absolute atomic E-state index is 0.144. The normalized spacial score (nSPS) is 10.6. The number of para-hydroxylation sites is 1. The van der Waals surface area contributed by atoms with Crippen molar-refractivity contribution in [3.05, 3.63) is 74.8 Å². The maximum absolute atomic E-state index is 12.4. The number of nitrogens with zero attached hydrogens (tertiary/aromatic N) is 3. The van der Waals surface area contributed by atoms with Crippen molar-refractivity contribution >= 4 is 28.2 Å². The third-order valence-corrected chi connectivity index (χ3v) is 3.75. The molecule has 2 aromatic carbocycles. The van der Waals surface area contributed by atoms with Crippen LogP contribution in [0.5, 0.6) is 0 Å². The van der Waals surface area contributed by atoms with Crippen molar-refractivity contribution < 1.29 is 9.72 Å². The van der Waals surface area contributed by atoms with Crippen molar-refractivity contribution in [2.75, 3.05) is 5.32 Å². The Morgan fingerprint density at radius 3 is 2.76 bits per heavy atom. The van der Waals surface area contributed by atoms with E-state index < -0.39 is 10.5 Å². The van der Waals surface area contributed by atoms with Crippen molar-refractivity contribution in [3.63, 3.8) is 0 Å². The summed E-state index contributed by atoms with van der Waals surface area (Å²) in [6, 6.07) is 11.1. The lowest BCUT2D eigenvalue weighted by Crippen LogP contribution is -2.28. The highest BCUT2D eigenvalue weighted by molar-refractivity contribution is 5.91. The Morgan fingerprint density at radius 2 is 2.04 bits per heavy atom. The van der Waals surface area contributed by atoms with Crippen LogP contribution in [-0.2, 0) is 11.3 Å². The van der Waals surface area contributed by atoms with Crippen LogP contribution in [0.4, 0.5) is 11.4 Å². The largest absolute Gasteiger partial charge is 0.324 e. The van der Waals surface area contributed by atoms with Gasteiger partial charge in [0.25, 0.3) is 11.2 Å². The molecule has 0 aliphatic heterocycles. The van der Waals surface area contributed by atoms with Crippen LogP contribution in [0.3, 0.4) is 0 Å². The summed E-state index contributed by atoms with van der Waals surface area (Å²) < 4.78 is 1.17. The molecule has 0 spiro atoms. The van der Waals surface area contributed by atoms with E-state index in [0.717, 1.165) is 5.56 Å². The van der Waals surface area contributed by atoms with Gasteiger partial charge >= 0.3 is 0 Å².